The average molecular weight is 288 g/mol. The van der Waals surface area contributed by atoms with Crippen LogP contribution in [0, 0.1) is 11.6 Å². The van der Waals surface area contributed by atoms with Crippen molar-refractivity contribution in [3.8, 4) is 5.69 Å². The van der Waals surface area contributed by atoms with Crippen molar-refractivity contribution in [3.63, 3.8) is 0 Å². The summed E-state index contributed by atoms with van der Waals surface area (Å²) in [6.45, 7) is 1.92. The Bertz CT molecular complexity index is 777. The van der Waals surface area contributed by atoms with Crippen LogP contribution in [0.4, 0.5) is 8.78 Å². The van der Waals surface area contributed by atoms with E-state index >= 15 is 0 Å². The fraction of sp³-hybridized carbons (Fsp3) is 0.200. The van der Waals surface area contributed by atoms with Gasteiger partial charge in [0.25, 0.3) is 0 Å². The fourth-order valence-electron chi connectivity index (χ4n) is 2.28. The SMILES string of the molecule is CCC(N)c1nc2cccnc2n1-c1cc(F)cc(F)c1. The van der Waals surface area contributed by atoms with Crippen molar-refractivity contribution >= 4 is 11.2 Å². The van der Waals surface area contributed by atoms with E-state index in [9.17, 15) is 8.78 Å². The number of benzene rings is 1. The van der Waals surface area contributed by atoms with Gasteiger partial charge in [0.15, 0.2) is 5.65 Å². The second kappa shape index (κ2) is 5.21. The first-order valence-electron chi connectivity index (χ1n) is 6.65. The molecule has 3 rings (SSSR count). The van der Waals surface area contributed by atoms with E-state index in [1.54, 1.807) is 22.9 Å². The molecule has 0 saturated heterocycles. The molecule has 108 valence electrons. The van der Waals surface area contributed by atoms with Gasteiger partial charge in [0.2, 0.25) is 0 Å². The first-order chi connectivity index (χ1) is 10.1. The first kappa shape index (κ1) is 13.6. The lowest BCUT2D eigenvalue weighted by Gasteiger charge is -2.13. The van der Waals surface area contributed by atoms with E-state index in [2.05, 4.69) is 9.97 Å². The van der Waals surface area contributed by atoms with Gasteiger partial charge in [-0.05, 0) is 30.7 Å². The number of fused-ring (bicyclic) bond motifs is 1. The van der Waals surface area contributed by atoms with Gasteiger partial charge in [0.1, 0.15) is 23.0 Å². The van der Waals surface area contributed by atoms with Crippen molar-refractivity contribution < 1.29 is 8.78 Å². The predicted octanol–water partition coefficient (Wildman–Crippen LogP) is 3.11. The summed E-state index contributed by atoms with van der Waals surface area (Å²) in [5.41, 5.74) is 7.57. The quantitative estimate of drug-likeness (QED) is 0.805. The molecule has 0 aliphatic rings. The number of hydrogen-bond acceptors (Lipinski definition) is 3. The van der Waals surface area contributed by atoms with Crippen LogP contribution in [0.2, 0.25) is 0 Å². The third-order valence-electron chi connectivity index (χ3n) is 3.32. The molecule has 4 nitrogen and oxygen atoms in total. The van der Waals surface area contributed by atoms with Crippen LogP contribution in [0.5, 0.6) is 0 Å². The van der Waals surface area contributed by atoms with Crippen molar-refractivity contribution in [2.24, 2.45) is 5.73 Å². The molecule has 2 aromatic heterocycles. The molecule has 1 atom stereocenters. The minimum absolute atomic E-state index is 0.326. The number of aromatic nitrogens is 3. The van der Waals surface area contributed by atoms with Gasteiger partial charge in [-0.2, -0.15) is 0 Å². The third-order valence-corrected chi connectivity index (χ3v) is 3.32. The molecule has 0 aliphatic carbocycles. The Morgan fingerprint density at radius 3 is 2.62 bits per heavy atom. The topological polar surface area (TPSA) is 56.7 Å². The lowest BCUT2D eigenvalue weighted by molar-refractivity contribution is 0.579. The number of hydrogen-bond donors (Lipinski definition) is 1. The summed E-state index contributed by atoms with van der Waals surface area (Å²) in [5, 5.41) is 0. The monoisotopic (exact) mass is 288 g/mol. The van der Waals surface area contributed by atoms with Crippen molar-refractivity contribution in [1.82, 2.24) is 14.5 Å². The van der Waals surface area contributed by atoms with Crippen LogP contribution < -0.4 is 5.73 Å². The molecule has 0 bridgehead atoms. The number of imidazole rings is 1. The highest BCUT2D eigenvalue weighted by molar-refractivity contribution is 5.74. The van der Waals surface area contributed by atoms with Gasteiger partial charge >= 0.3 is 0 Å². The molecule has 0 radical (unpaired) electrons. The largest absolute Gasteiger partial charge is 0.321 e. The molecule has 3 aromatic rings. The van der Waals surface area contributed by atoms with E-state index in [-0.39, 0.29) is 6.04 Å². The van der Waals surface area contributed by atoms with Crippen molar-refractivity contribution in [2.75, 3.05) is 0 Å². The summed E-state index contributed by atoms with van der Waals surface area (Å²) in [6.07, 6.45) is 2.26. The van der Waals surface area contributed by atoms with E-state index in [1.165, 1.54) is 12.1 Å². The third kappa shape index (κ3) is 2.38. The Labute approximate surface area is 120 Å². The van der Waals surface area contributed by atoms with Crippen LogP contribution >= 0.6 is 0 Å². The van der Waals surface area contributed by atoms with Crippen molar-refractivity contribution in [2.45, 2.75) is 19.4 Å². The maximum Gasteiger partial charge on any atom is 0.164 e. The molecular formula is C15H14F2N4. The molecule has 2 heterocycles. The van der Waals surface area contributed by atoms with E-state index < -0.39 is 11.6 Å². The smallest absolute Gasteiger partial charge is 0.164 e. The maximum absolute atomic E-state index is 13.5. The standard InChI is InChI=1S/C15H14F2N4/c1-2-12(18)14-20-13-4-3-5-19-15(13)21(14)11-7-9(16)6-10(17)8-11/h3-8,12H,2,18H2,1H3. The van der Waals surface area contributed by atoms with Crippen LogP contribution in [0.25, 0.3) is 16.9 Å². The average Bonchev–Trinajstić information content (AvgIpc) is 2.84. The Balaban J connectivity index is 2.33. The highest BCUT2D eigenvalue weighted by atomic mass is 19.1. The molecule has 0 spiro atoms. The van der Waals surface area contributed by atoms with E-state index in [1.807, 2.05) is 6.92 Å². The van der Waals surface area contributed by atoms with Crippen LogP contribution in [0.3, 0.4) is 0 Å². The highest BCUT2D eigenvalue weighted by Crippen LogP contribution is 2.25. The minimum Gasteiger partial charge on any atom is -0.321 e. The molecule has 2 N–H and O–H groups in total. The molecule has 0 aliphatic heterocycles. The second-order valence-electron chi connectivity index (χ2n) is 4.79. The van der Waals surface area contributed by atoms with Crippen LogP contribution in [-0.4, -0.2) is 14.5 Å². The molecule has 0 fully saturated rings. The fourth-order valence-corrected chi connectivity index (χ4v) is 2.28. The zero-order valence-electron chi connectivity index (χ0n) is 11.4. The van der Waals surface area contributed by atoms with Gasteiger partial charge in [-0.3, -0.25) is 4.57 Å². The zero-order valence-corrected chi connectivity index (χ0v) is 11.4. The highest BCUT2D eigenvalue weighted by Gasteiger charge is 2.18. The van der Waals surface area contributed by atoms with Gasteiger partial charge in [-0.1, -0.05) is 6.92 Å². The number of nitrogens with zero attached hydrogens (tertiary/aromatic N) is 3. The number of rotatable bonds is 3. The molecule has 1 unspecified atom stereocenters. The first-order valence-corrected chi connectivity index (χ1v) is 6.65. The Morgan fingerprint density at radius 2 is 1.95 bits per heavy atom. The van der Waals surface area contributed by atoms with Gasteiger partial charge < -0.3 is 5.73 Å². The number of halogens is 2. The van der Waals surface area contributed by atoms with Gasteiger partial charge in [0, 0.05) is 12.3 Å². The normalized spacial score (nSPS) is 12.8. The summed E-state index contributed by atoms with van der Waals surface area (Å²) >= 11 is 0. The molecule has 21 heavy (non-hydrogen) atoms. The molecule has 0 saturated carbocycles. The van der Waals surface area contributed by atoms with E-state index in [0.717, 1.165) is 6.07 Å². The van der Waals surface area contributed by atoms with Gasteiger partial charge in [0.05, 0.1) is 11.7 Å². The Kier molecular flexibility index (Phi) is 3.39. The Morgan fingerprint density at radius 1 is 1.24 bits per heavy atom. The molecule has 6 heteroatoms. The molecule has 1 aromatic carbocycles. The summed E-state index contributed by atoms with van der Waals surface area (Å²) in [7, 11) is 0. The lowest BCUT2D eigenvalue weighted by atomic mass is 10.2. The van der Waals surface area contributed by atoms with Crippen molar-refractivity contribution in [3.05, 3.63) is 54.0 Å². The lowest BCUT2D eigenvalue weighted by Crippen LogP contribution is -2.15. The van der Waals surface area contributed by atoms with E-state index in [0.29, 0.717) is 29.1 Å². The predicted molar refractivity (Wildman–Crippen MR) is 76.0 cm³/mol. The summed E-state index contributed by atoms with van der Waals surface area (Å²) in [4.78, 5) is 8.70. The summed E-state index contributed by atoms with van der Waals surface area (Å²) in [5.74, 6) is -0.770. The van der Waals surface area contributed by atoms with Gasteiger partial charge in [-0.25, -0.2) is 18.7 Å². The van der Waals surface area contributed by atoms with Crippen LogP contribution in [0.1, 0.15) is 25.2 Å². The second-order valence-corrected chi connectivity index (χ2v) is 4.79. The summed E-state index contributed by atoms with van der Waals surface area (Å²) < 4.78 is 28.6. The van der Waals surface area contributed by atoms with Crippen LogP contribution in [0.15, 0.2) is 36.5 Å². The molecular weight excluding hydrogens is 274 g/mol. The zero-order chi connectivity index (χ0) is 15.0. The van der Waals surface area contributed by atoms with Gasteiger partial charge in [-0.15, -0.1) is 0 Å². The number of nitrogens with two attached hydrogens (primary N) is 1. The maximum atomic E-state index is 13.5. The van der Waals surface area contributed by atoms with Crippen molar-refractivity contribution in [1.29, 1.82) is 0 Å². The minimum atomic E-state index is -0.654. The summed E-state index contributed by atoms with van der Waals surface area (Å²) in [6, 6.07) is 6.52. The molecule has 0 amide bonds. The van der Waals surface area contributed by atoms with E-state index in [4.69, 9.17) is 5.73 Å². The Hall–Kier alpha value is -2.34. The van der Waals surface area contributed by atoms with Crippen LogP contribution in [-0.2, 0) is 0 Å². The number of pyridine rings is 1.